The fraction of sp³-hybridized carbons (Fsp3) is 0.111. The van der Waals surface area contributed by atoms with Crippen LogP contribution in [0.5, 0.6) is 0 Å². The molecule has 3 aromatic rings. The van der Waals surface area contributed by atoms with Gasteiger partial charge in [0, 0.05) is 23.5 Å². The Kier molecular flexibility index (Phi) is 3.26. The fourth-order valence-corrected chi connectivity index (χ4v) is 2.91. The highest BCUT2D eigenvalue weighted by Crippen LogP contribution is 2.37. The van der Waals surface area contributed by atoms with Crippen molar-refractivity contribution in [2.45, 2.75) is 12.7 Å². The molecule has 0 atom stereocenters. The van der Waals surface area contributed by atoms with E-state index in [1.54, 1.807) is 12.4 Å². The van der Waals surface area contributed by atoms with E-state index < -0.39 is 11.7 Å². The lowest BCUT2D eigenvalue weighted by Crippen LogP contribution is -2.07. The minimum Gasteiger partial charge on any atom is -0.288 e. The van der Waals surface area contributed by atoms with Gasteiger partial charge in [-0.25, -0.2) is 0 Å². The molecule has 0 fully saturated rings. The molecule has 120 valence electrons. The number of fused-ring (bicyclic) bond motifs is 1. The van der Waals surface area contributed by atoms with Gasteiger partial charge in [0.15, 0.2) is 0 Å². The van der Waals surface area contributed by atoms with Crippen molar-refractivity contribution in [3.63, 3.8) is 0 Å². The van der Waals surface area contributed by atoms with Crippen molar-refractivity contribution in [1.29, 1.82) is 0 Å². The number of benzene rings is 2. The van der Waals surface area contributed by atoms with Gasteiger partial charge in [-0.2, -0.15) is 18.3 Å². The zero-order valence-electron chi connectivity index (χ0n) is 12.4. The molecule has 1 N–H and O–H groups in total. The number of H-pyrrole nitrogens is 1. The van der Waals surface area contributed by atoms with E-state index in [1.165, 1.54) is 12.1 Å². The normalized spacial score (nSPS) is 13.3. The van der Waals surface area contributed by atoms with E-state index in [4.69, 9.17) is 0 Å². The van der Waals surface area contributed by atoms with Gasteiger partial charge in [-0.3, -0.25) is 10.1 Å². The molecule has 2 heterocycles. The third-order valence-electron chi connectivity index (χ3n) is 4.06. The smallest absolute Gasteiger partial charge is 0.288 e. The van der Waals surface area contributed by atoms with Crippen molar-refractivity contribution in [3.05, 3.63) is 65.4 Å². The monoisotopic (exact) mass is 327 g/mol. The fourth-order valence-electron chi connectivity index (χ4n) is 2.91. The summed E-state index contributed by atoms with van der Waals surface area (Å²) in [6, 6.07) is 11.6. The summed E-state index contributed by atoms with van der Waals surface area (Å²) >= 11 is 0. The van der Waals surface area contributed by atoms with Crippen LogP contribution in [0, 0.1) is 0 Å². The van der Waals surface area contributed by atoms with Crippen molar-refractivity contribution < 1.29 is 13.2 Å². The number of aromatic amines is 1. The Morgan fingerprint density at radius 1 is 1.00 bits per heavy atom. The summed E-state index contributed by atoms with van der Waals surface area (Å²) in [5.41, 5.74) is 3.66. The first-order chi connectivity index (χ1) is 11.5. The SMILES string of the molecule is FC(F)(F)c1cc2c(c(-c3cccc(-c4ccn[nH]4)c3)c1)C=NC2. The van der Waals surface area contributed by atoms with Gasteiger partial charge in [0.05, 0.1) is 17.8 Å². The second-order valence-electron chi connectivity index (χ2n) is 5.62. The number of hydrogen-bond acceptors (Lipinski definition) is 2. The Hall–Kier alpha value is -2.89. The summed E-state index contributed by atoms with van der Waals surface area (Å²) in [5, 5.41) is 6.77. The summed E-state index contributed by atoms with van der Waals surface area (Å²) in [5.74, 6) is 0. The number of nitrogens with one attached hydrogen (secondary N) is 1. The summed E-state index contributed by atoms with van der Waals surface area (Å²) in [6.45, 7) is 0.284. The predicted molar refractivity (Wildman–Crippen MR) is 85.8 cm³/mol. The molecule has 0 spiro atoms. The molecule has 24 heavy (non-hydrogen) atoms. The topological polar surface area (TPSA) is 41.0 Å². The molecule has 0 bridgehead atoms. The minimum absolute atomic E-state index is 0.284. The van der Waals surface area contributed by atoms with E-state index in [0.29, 0.717) is 11.1 Å². The third-order valence-corrected chi connectivity index (χ3v) is 4.06. The lowest BCUT2D eigenvalue weighted by Gasteiger charge is -2.14. The highest BCUT2D eigenvalue weighted by Gasteiger charge is 2.32. The average Bonchev–Trinajstić information content (AvgIpc) is 3.24. The Balaban J connectivity index is 1.89. The third kappa shape index (κ3) is 2.50. The Morgan fingerprint density at radius 3 is 2.58 bits per heavy atom. The number of nitrogens with zero attached hydrogens (tertiary/aromatic N) is 2. The van der Waals surface area contributed by atoms with Crippen molar-refractivity contribution in [2.75, 3.05) is 0 Å². The highest BCUT2D eigenvalue weighted by molar-refractivity contribution is 5.95. The molecule has 0 saturated carbocycles. The number of halogens is 3. The van der Waals surface area contributed by atoms with Crippen molar-refractivity contribution in [3.8, 4) is 22.4 Å². The number of aromatic nitrogens is 2. The van der Waals surface area contributed by atoms with E-state index in [1.807, 2.05) is 30.3 Å². The quantitative estimate of drug-likeness (QED) is 0.728. The largest absolute Gasteiger partial charge is 0.416 e. The Bertz CT molecular complexity index is 925. The number of aliphatic imine (C=N–C) groups is 1. The molecule has 2 aromatic carbocycles. The summed E-state index contributed by atoms with van der Waals surface area (Å²) in [4.78, 5) is 4.12. The lowest BCUT2D eigenvalue weighted by atomic mass is 9.93. The molecular weight excluding hydrogens is 315 g/mol. The summed E-state index contributed by atoms with van der Waals surface area (Å²) in [6.07, 6.45) is -1.10. The Labute approximate surface area is 135 Å². The minimum atomic E-state index is -4.38. The van der Waals surface area contributed by atoms with Gasteiger partial charge >= 0.3 is 6.18 Å². The maximum atomic E-state index is 13.2. The molecule has 3 nitrogen and oxygen atoms in total. The van der Waals surface area contributed by atoms with Gasteiger partial charge in [-0.15, -0.1) is 0 Å². The standard InChI is InChI=1S/C18H12F3N3/c19-18(20,21)14-7-13-9-22-10-16(13)15(8-14)11-2-1-3-12(6-11)17-4-5-23-24-17/h1-8,10H,9H2,(H,23,24). The van der Waals surface area contributed by atoms with E-state index in [9.17, 15) is 13.2 Å². The van der Waals surface area contributed by atoms with E-state index in [0.717, 1.165) is 22.4 Å². The van der Waals surface area contributed by atoms with Crippen LogP contribution in [0.3, 0.4) is 0 Å². The number of hydrogen-bond donors (Lipinski definition) is 1. The molecule has 4 rings (SSSR count). The summed E-state index contributed by atoms with van der Waals surface area (Å²) in [7, 11) is 0. The van der Waals surface area contributed by atoms with Crippen LogP contribution in [0.1, 0.15) is 16.7 Å². The first-order valence-electron chi connectivity index (χ1n) is 7.36. The van der Waals surface area contributed by atoms with Gasteiger partial charge in [0.2, 0.25) is 0 Å². The Morgan fingerprint density at radius 2 is 1.83 bits per heavy atom. The van der Waals surface area contributed by atoms with Crippen molar-refractivity contribution in [1.82, 2.24) is 10.2 Å². The zero-order valence-corrected chi connectivity index (χ0v) is 12.4. The van der Waals surface area contributed by atoms with Crippen LogP contribution < -0.4 is 0 Å². The van der Waals surface area contributed by atoms with Crippen LogP contribution in [-0.2, 0) is 12.7 Å². The molecule has 1 aromatic heterocycles. The lowest BCUT2D eigenvalue weighted by molar-refractivity contribution is -0.137. The highest BCUT2D eigenvalue weighted by atomic mass is 19.4. The van der Waals surface area contributed by atoms with E-state index in [-0.39, 0.29) is 6.54 Å². The van der Waals surface area contributed by atoms with Gasteiger partial charge in [0.1, 0.15) is 0 Å². The molecule has 0 amide bonds. The zero-order chi connectivity index (χ0) is 16.7. The predicted octanol–water partition coefficient (Wildman–Crippen LogP) is 4.70. The molecular formula is C18H12F3N3. The van der Waals surface area contributed by atoms with E-state index >= 15 is 0 Å². The van der Waals surface area contributed by atoms with E-state index in [2.05, 4.69) is 15.2 Å². The van der Waals surface area contributed by atoms with Crippen LogP contribution in [0.15, 0.2) is 53.7 Å². The van der Waals surface area contributed by atoms with Crippen molar-refractivity contribution >= 4 is 6.21 Å². The second-order valence-corrected chi connectivity index (χ2v) is 5.62. The average molecular weight is 327 g/mol. The maximum Gasteiger partial charge on any atom is 0.416 e. The van der Waals surface area contributed by atoms with Crippen LogP contribution in [0.2, 0.25) is 0 Å². The molecule has 0 saturated heterocycles. The summed E-state index contributed by atoms with van der Waals surface area (Å²) < 4.78 is 39.6. The first-order valence-corrected chi connectivity index (χ1v) is 7.36. The van der Waals surface area contributed by atoms with Gasteiger partial charge in [0.25, 0.3) is 0 Å². The molecule has 1 aliphatic rings. The second kappa shape index (κ2) is 5.33. The van der Waals surface area contributed by atoms with Crippen LogP contribution >= 0.6 is 0 Å². The van der Waals surface area contributed by atoms with Crippen LogP contribution in [-0.4, -0.2) is 16.4 Å². The molecule has 0 unspecified atom stereocenters. The van der Waals surface area contributed by atoms with Crippen LogP contribution in [0.25, 0.3) is 22.4 Å². The van der Waals surface area contributed by atoms with Gasteiger partial charge in [-0.1, -0.05) is 18.2 Å². The molecule has 0 radical (unpaired) electrons. The van der Waals surface area contributed by atoms with Crippen molar-refractivity contribution in [2.24, 2.45) is 4.99 Å². The maximum absolute atomic E-state index is 13.2. The number of alkyl halides is 3. The van der Waals surface area contributed by atoms with Crippen LogP contribution in [0.4, 0.5) is 13.2 Å². The van der Waals surface area contributed by atoms with Gasteiger partial charge in [-0.05, 0) is 41.0 Å². The van der Waals surface area contributed by atoms with Gasteiger partial charge < -0.3 is 0 Å². The number of rotatable bonds is 2. The molecule has 0 aliphatic carbocycles. The molecule has 6 heteroatoms. The first kappa shape index (κ1) is 14.7. The molecule has 1 aliphatic heterocycles.